The number of rotatable bonds is 7. The number of ether oxygens (including phenoxy) is 1. The van der Waals surface area contributed by atoms with Crippen LogP contribution in [-0.4, -0.2) is 12.3 Å². The van der Waals surface area contributed by atoms with Crippen molar-refractivity contribution in [3.63, 3.8) is 0 Å². The minimum Gasteiger partial charge on any atom is -0.489 e. The van der Waals surface area contributed by atoms with Gasteiger partial charge in [0, 0.05) is 45.3 Å². The molecule has 174 valence electrons. The number of anilines is 1. The maximum atomic E-state index is 14.4. The predicted octanol–water partition coefficient (Wildman–Crippen LogP) is 6.75. The van der Waals surface area contributed by atoms with Crippen LogP contribution in [0.4, 0.5) is 14.5 Å². The topological polar surface area (TPSA) is 71.1 Å². The van der Waals surface area contributed by atoms with Crippen LogP contribution in [0.2, 0.25) is 0 Å². The third kappa shape index (κ3) is 4.52. The molecule has 0 amide bonds. The van der Waals surface area contributed by atoms with Gasteiger partial charge >= 0.3 is 0 Å². The molecule has 33 heavy (non-hydrogen) atoms. The molecule has 1 heterocycles. The molecule has 1 aliphatic heterocycles. The number of hydrogen-bond donors (Lipinski definition) is 3. The van der Waals surface area contributed by atoms with Gasteiger partial charge in [0.2, 0.25) is 5.82 Å². The molecule has 1 aliphatic carbocycles. The molecule has 2 aromatic carbocycles. The normalized spacial score (nSPS) is 19.4. The molecule has 2 aliphatic rings. The van der Waals surface area contributed by atoms with Gasteiger partial charge in [-0.05, 0) is 63.3 Å². The molecule has 6 heteroatoms. The van der Waals surface area contributed by atoms with E-state index in [1.54, 1.807) is 19.9 Å². The van der Waals surface area contributed by atoms with Crippen molar-refractivity contribution in [3.8, 4) is 5.75 Å². The number of benzene rings is 2. The molecule has 2 aromatic rings. The van der Waals surface area contributed by atoms with Crippen molar-refractivity contribution in [3.05, 3.63) is 76.6 Å². The molecule has 0 aromatic heterocycles. The summed E-state index contributed by atoms with van der Waals surface area (Å²) in [5.74, 6) is -1.63. The molecule has 1 atom stereocenters. The van der Waals surface area contributed by atoms with Gasteiger partial charge in [0.1, 0.15) is 0 Å². The van der Waals surface area contributed by atoms with E-state index in [4.69, 9.17) is 15.9 Å². The first-order chi connectivity index (χ1) is 15.8. The first kappa shape index (κ1) is 23.0. The van der Waals surface area contributed by atoms with E-state index in [2.05, 4.69) is 18.3 Å². The molecular formula is C27H31F2N3O. The van der Waals surface area contributed by atoms with Gasteiger partial charge < -0.3 is 21.2 Å². The Morgan fingerprint density at radius 1 is 1.18 bits per heavy atom. The van der Waals surface area contributed by atoms with E-state index in [1.807, 2.05) is 24.3 Å². The Morgan fingerprint density at radius 2 is 1.88 bits per heavy atom. The number of nitrogens with one attached hydrogen (secondary N) is 2. The lowest BCUT2D eigenvalue weighted by Crippen LogP contribution is -2.29. The Kier molecular flexibility index (Phi) is 6.28. The molecule has 4 nitrogen and oxygen atoms in total. The lowest BCUT2D eigenvalue weighted by molar-refractivity contribution is 0.165. The molecule has 0 saturated heterocycles. The highest BCUT2D eigenvalue weighted by Crippen LogP contribution is 2.62. The summed E-state index contributed by atoms with van der Waals surface area (Å²) in [5.41, 5.74) is 11.4. The van der Waals surface area contributed by atoms with Crippen molar-refractivity contribution >= 4 is 17.0 Å². The second-order valence-corrected chi connectivity index (χ2v) is 9.21. The Labute approximate surface area is 194 Å². The number of halogens is 2. The van der Waals surface area contributed by atoms with Crippen LogP contribution >= 0.6 is 0 Å². The Bertz CT molecular complexity index is 1130. The van der Waals surface area contributed by atoms with Gasteiger partial charge in [-0.1, -0.05) is 31.2 Å². The second-order valence-electron chi connectivity index (χ2n) is 9.21. The molecule has 4 N–H and O–H groups in total. The van der Waals surface area contributed by atoms with Crippen LogP contribution in [0.5, 0.6) is 5.75 Å². The number of nitrogens with two attached hydrogens (primary N) is 1. The van der Waals surface area contributed by atoms with Gasteiger partial charge in [-0.2, -0.15) is 4.39 Å². The minimum absolute atomic E-state index is 0.00449. The Morgan fingerprint density at radius 3 is 2.45 bits per heavy atom. The van der Waals surface area contributed by atoms with Crippen molar-refractivity contribution in [1.29, 1.82) is 5.41 Å². The largest absolute Gasteiger partial charge is 0.489 e. The Balaban J connectivity index is 1.59. The summed E-state index contributed by atoms with van der Waals surface area (Å²) >= 11 is 0. The van der Waals surface area contributed by atoms with Crippen LogP contribution in [0.15, 0.2) is 53.9 Å². The van der Waals surface area contributed by atoms with Gasteiger partial charge in [0.05, 0.1) is 6.61 Å². The summed E-state index contributed by atoms with van der Waals surface area (Å²) < 4.78 is 33.9. The highest BCUT2D eigenvalue weighted by atomic mass is 19.2. The quantitative estimate of drug-likeness (QED) is 0.408. The summed E-state index contributed by atoms with van der Waals surface area (Å²) in [5, 5.41) is 11.5. The van der Waals surface area contributed by atoms with Gasteiger partial charge in [0.25, 0.3) is 0 Å². The lowest BCUT2D eigenvalue weighted by Gasteiger charge is -2.35. The zero-order valence-electron chi connectivity index (χ0n) is 19.4. The number of fused-ring (bicyclic) bond motifs is 1. The molecule has 0 radical (unpaired) electrons. The summed E-state index contributed by atoms with van der Waals surface area (Å²) in [6.07, 6.45) is 5.76. The van der Waals surface area contributed by atoms with E-state index in [-0.39, 0.29) is 17.1 Å². The molecule has 1 unspecified atom stereocenters. The molecule has 0 bridgehead atoms. The van der Waals surface area contributed by atoms with Gasteiger partial charge in [-0.15, -0.1) is 0 Å². The highest BCUT2D eigenvalue weighted by Gasteiger charge is 2.54. The van der Waals surface area contributed by atoms with E-state index >= 15 is 0 Å². The third-order valence-corrected chi connectivity index (χ3v) is 6.71. The first-order valence-electron chi connectivity index (χ1n) is 11.4. The maximum absolute atomic E-state index is 14.4. The van der Waals surface area contributed by atoms with Gasteiger partial charge in [-0.3, -0.25) is 0 Å². The van der Waals surface area contributed by atoms with Crippen molar-refractivity contribution in [1.82, 2.24) is 0 Å². The van der Waals surface area contributed by atoms with E-state index in [1.165, 1.54) is 6.07 Å². The summed E-state index contributed by atoms with van der Waals surface area (Å²) in [7, 11) is 0. The standard InChI is InChI=1S/C27H31F2N3O/c1-4-5-20(32-19-8-6-18(7-9-19)24(16(2)30)17(3)31)14-22-21-10-11-23(28)25(29)26(21)33-15-27(22)12-13-27/h5-11,22,30,32H,4,12-15,31H2,1-3H3/b20-5+,24-17?,30-16?. The van der Waals surface area contributed by atoms with Crippen LogP contribution in [-0.2, 0) is 0 Å². The van der Waals surface area contributed by atoms with Gasteiger partial charge in [-0.25, -0.2) is 4.39 Å². The lowest BCUT2D eigenvalue weighted by atomic mass is 9.78. The number of allylic oxidation sites excluding steroid dienone is 4. The predicted molar refractivity (Wildman–Crippen MR) is 129 cm³/mol. The molecule has 4 rings (SSSR count). The van der Waals surface area contributed by atoms with Crippen LogP contribution < -0.4 is 15.8 Å². The van der Waals surface area contributed by atoms with Crippen molar-refractivity contribution in [2.75, 3.05) is 11.9 Å². The van der Waals surface area contributed by atoms with Gasteiger partial charge in [0.15, 0.2) is 11.6 Å². The first-order valence-corrected chi connectivity index (χ1v) is 11.4. The van der Waals surface area contributed by atoms with Crippen LogP contribution in [0.25, 0.3) is 5.57 Å². The maximum Gasteiger partial charge on any atom is 0.200 e. The zero-order chi connectivity index (χ0) is 23.8. The van der Waals surface area contributed by atoms with E-state index < -0.39 is 11.6 Å². The average Bonchev–Trinajstić information content (AvgIpc) is 3.54. The van der Waals surface area contributed by atoms with E-state index in [0.29, 0.717) is 24.4 Å². The fourth-order valence-corrected chi connectivity index (χ4v) is 4.89. The van der Waals surface area contributed by atoms with E-state index in [0.717, 1.165) is 47.3 Å². The Hall–Kier alpha value is -3.15. The van der Waals surface area contributed by atoms with Crippen molar-refractivity contribution < 1.29 is 13.5 Å². The van der Waals surface area contributed by atoms with Crippen molar-refractivity contribution in [2.24, 2.45) is 11.1 Å². The number of hydrogen-bond acceptors (Lipinski definition) is 4. The zero-order valence-corrected chi connectivity index (χ0v) is 19.4. The summed E-state index contributed by atoms with van der Waals surface area (Å²) in [4.78, 5) is 0. The minimum atomic E-state index is -0.891. The van der Waals surface area contributed by atoms with Crippen LogP contribution in [0, 0.1) is 22.5 Å². The third-order valence-electron chi connectivity index (χ3n) is 6.71. The van der Waals surface area contributed by atoms with E-state index in [9.17, 15) is 8.78 Å². The summed E-state index contributed by atoms with van der Waals surface area (Å²) in [6, 6.07) is 10.8. The van der Waals surface area contributed by atoms with Crippen LogP contribution in [0.3, 0.4) is 0 Å². The molecular weight excluding hydrogens is 420 g/mol. The fraction of sp³-hybridized carbons (Fsp3) is 0.370. The molecule has 1 saturated carbocycles. The molecule has 1 spiro atoms. The average molecular weight is 452 g/mol. The van der Waals surface area contributed by atoms with Crippen molar-refractivity contribution in [2.45, 2.75) is 52.4 Å². The SMILES string of the molecule is CC/C=C(\CC1c2ccc(F)c(F)c2OCC12CC2)Nc1ccc(C(C(C)=N)=C(C)N)cc1. The smallest absolute Gasteiger partial charge is 0.200 e. The summed E-state index contributed by atoms with van der Waals surface area (Å²) in [6.45, 7) is 6.04. The highest BCUT2D eigenvalue weighted by molar-refractivity contribution is 6.21. The molecule has 1 fully saturated rings. The fourth-order valence-electron chi connectivity index (χ4n) is 4.89. The monoisotopic (exact) mass is 451 g/mol. The second kappa shape index (κ2) is 9.00. The van der Waals surface area contributed by atoms with Crippen LogP contribution in [0.1, 0.15) is 63.5 Å².